The topological polar surface area (TPSA) is 157 Å². The van der Waals surface area contributed by atoms with Crippen LogP contribution in [-0.2, 0) is 0 Å². The predicted octanol–water partition coefficient (Wildman–Crippen LogP) is 8.19. The third kappa shape index (κ3) is 4.36. The van der Waals surface area contributed by atoms with Crippen molar-refractivity contribution in [3.63, 3.8) is 0 Å². The average molecular weight is 632 g/mol. The summed E-state index contributed by atoms with van der Waals surface area (Å²) in [5.74, 6) is 0.237. The Labute approximate surface area is 272 Å². The van der Waals surface area contributed by atoms with Crippen LogP contribution >= 0.6 is 0 Å². The second-order valence-electron chi connectivity index (χ2n) is 12.3. The van der Waals surface area contributed by atoms with Crippen molar-refractivity contribution in [1.29, 1.82) is 0 Å². The molecular formula is C39H29N5O4. The Kier molecular flexibility index (Phi) is 6.03. The van der Waals surface area contributed by atoms with E-state index in [0.29, 0.717) is 0 Å². The minimum Gasteiger partial charge on any atom is -0.508 e. The van der Waals surface area contributed by atoms with Gasteiger partial charge in [0.05, 0.1) is 11.6 Å². The molecule has 0 unspecified atom stereocenters. The van der Waals surface area contributed by atoms with E-state index in [9.17, 15) is 20.4 Å². The summed E-state index contributed by atoms with van der Waals surface area (Å²) < 4.78 is 0. The van der Waals surface area contributed by atoms with Crippen molar-refractivity contribution in [2.75, 3.05) is 0 Å². The second-order valence-corrected chi connectivity index (χ2v) is 12.3. The van der Waals surface area contributed by atoms with Crippen LogP contribution in [0.15, 0.2) is 116 Å². The molecule has 9 rings (SSSR count). The summed E-state index contributed by atoms with van der Waals surface area (Å²) in [5, 5.41) is 44.5. The number of aromatic nitrogens is 5. The Bertz CT molecular complexity index is 2300. The quantitative estimate of drug-likeness (QED) is 0.0928. The maximum absolute atomic E-state index is 10.2. The summed E-state index contributed by atoms with van der Waals surface area (Å²) in [4.78, 5) is 18.5. The first-order chi connectivity index (χ1) is 23.4. The molecule has 0 saturated heterocycles. The molecule has 4 aromatic carbocycles. The summed E-state index contributed by atoms with van der Waals surface area (Å²) in [6.45, 7) is 0. The first-order valence-corrected chi connectivity index (χ1v) is 15.6. The monoisotopic (exact) mass is 631 g/mol. The van der Waals surface area contributed by atoms with Crippen molar-refractivity contribution in [1.82, 2.24) is 24.9 Å². The number of phenolic OH excluding ortho intramolecular Hbond substituents is 4. The van der Waals surface area contributed by atoms with E-state index >= 15 is 0 Å². The van der Waals surface area contributed by atoms with E-state index < -0.39 is 0 Å². The Morgan fingerprint density at radius 1 is 0.417 bits per heavy atom. The van der Waals surface area contributed by atoms with E-state index in [0.717, 1.165) is 77.1 Å². The Morgan fingerprint density at radius 2 is 0.771 bits per heavy atom. The highest BCUT2D eigenvalue weighted by atomic mass is 16.3. The molecule has 5 aromatic heterocycles. The molecule has 234 valence electrons. The van der Waals surface area contributed by atoms with Crippen LogP contribution in [0.4, 0.5) is 0 Å². The molecule has 0 bridgehead atoms. The van der Waals surface area contributed by atoms with Gasteiger partial charge >= 0.3 is 0 Å². The number of nitrogens with one attached hydrogen (secondary N) is 4. The number of fused-ring (bicyclic) bond motifs is 4. The molecule has 0 spiro atoms. The number of phenols is 4. The fraction of sp³-hybridized carbons (Fsp3) is 0.0513. The molecule has 48 heavy (non-hydrogen) atoms. The van der Waals surface area contributed by atoms with E-state index in [4.69, 9.17) is 4.98 Å². The maximum atomic E-state index is 10.2. The molecule has 9 heteroatoms. The highest BCUT2D eigenvalue weighted by Crippen LogP contribution is 2.43. The van der Waals surface area contributed by atoms with Gasteiger partial charge in [0.25, 0.3) is 0 Å². The van der Waals surface area contributed by atoms with E-state index in [1.54, 1.807) is 48.5 Å². The first-order valence-electron chi connectivity index (χ1n) is 15.6. The SMILES string of the molecule is Oc1ccc2c(C(c3ccc(C(c4c[nH]c5cc(O)ccc45)c4c[nH]c5cc(O)ccc45)nc3)c3c[nH]c4cc(O)ccc34)c[nH]c2c1. The van der Waals surface area contributed by atoms with Crippen LogP contribution in [0, 0.1) is 0 Å². The number of H-pyrrole nitrogens is 4. The minimum atomic E-state index is -0.277. The Hall–Kier alpha value is -6.61. The molecule has 0 fully saturated rings. The van der Waals surface area contributed by atoms with Gasteiger partial charge in [-0.15, -0.1) is 0 Å². The van der Waals surface area contributed by atoms with Crippen molar-refractivity contribution < 1.29 is 20.4 Å². The number of aromatic amines is 4. The van der Waals surface area contributed by atoms with Crippen molar-refractivity contribution in [3.05, 3.63) is 149 Å². The molecule has 0 aliphatic heterocycles. The van der Waals surface area contributed by atoms with Gasteiger partial charge < -0.3 is 40.4 Å². The molecule has 0 saturated carbocycles. The molecule has 0 aliphatic rings. The largest absolute Gasteiger partial charge is 0.508 e. The molecule has 0 aliphatic carbocycles. The van der Waals surface area contributed by atoms with E-state index in [2.05, 4.69) is 32.1 Å². The third-order valence-electron chi connectivity index (χ3n) is 9.47. The van der Waals surface area contributed by atoms with E-state index in [1.165, 1.54) is 0 Å². The van der Waals surface area contributed by atoms with Crippen molar-refractivity contribution in [3.8, 4) is 23.0 Å². The molecule has 0 radical (unpaired) electrons. The van der Waals surface area contributed by atoms with Gasteiger partial charge in [-0.1, -0.05) is 6.07 Å². The lowest BCUT2D eigenvalue weighted by molar-refractivity contribution is 0.475. The number of rotatable bonds is 6. The Morgan fingerprint density at radius 3 is 1.10 bits per heavy atom. The molecule has 5 heterocycles. The fourth-order valence-corrected chi connectivity index (χ4v) is 7.27. The van der Waals surface area contributed by atoms with Crippen molar-refractivity contribution in [2.45, 2.75) is 11.8 Å². The third-order valence-corrected chi connectivity index (χ3v) is 9.47. The zero-order valence-corrected chi connectivity index (χ0v) is 25.4. The van der Waals surface area contributed by atoms with E-state index in [-0.39, 0.29) is 34.8 Å². The van der Waals surface area contributed by atoms with Crippen LogP contribution in [0.1, 0.15) is 45.3 Å². The number of aromatic hydroxyl groups is 4. The lowest BCUT2D eigenvalue weighted by Crippen LogP contribution is -2.08. The average Bonchev–Trinajstić information content (AvgIpc) is 3.88. The van der Waals surface area contributed by atoms with Crippen LogP contribution in [0.5, 0.6) is 23.0 Å². The highest BCUT2D eigenvalue weighted by Gasteiger charge is 2.27. The fourth-order valence-electron chi connectivity index (χ4n) is 7.27. The zero-order valence-electron chi connectivity index (χ0n) is 25.4. The summed E-state index contributed by atoms with van der Waals surface area (Å²) >= 11 is 0. The normalized spacial score (nSPS) is 12.0. The summed E-state index contributed by atoms with van der Waals surface area (Å²) in [6.07, 6.45) is 9.82. The predicted molar refractivity (Wildman–Crippen MR) is 186 cm³/mol. The number of pyridine rings is 1. The van der Waals surface area contributed by atoms with Gasteiger partial charge in [0.1, 0.15) is 23.0 Å². The molecule has 0 atom stereocenters. The second kappa shape index (κ2) is 10.5. The van der Waals surface area contributed by atoms with Crippen molar-refractivity contribution in [2.24, 2.45) is 0 Å². The van der Waals surface area contributed by atoms with Crippen LogP contribution in [0.25, 0.3) is 43.6 Å². The van der Waals surface area contributed by atoms with Gasteiger partial charge in [-0.25, -0.2) is 0 Å². The van der Waals surface area contributed by atoms with Gasteiger partial charge in [0, 0.05) is 105 Å². The minimum absolute atomic E-state index is 0.184. The van der Waals surface area contributed by atoms with Crippen LogP contribution < -0.4 is 0 Å². The number of benzene rings is 4. The molecule has 8 N–H and O–H groups in total. The van der Waals surface area contributed by atoms with Crippen LogP contribution in [-0.4, -0.2) is 45.3 Å². The summed E-state index contributed by atoms with van der Waals surface area (Å²) in [7, 11) is 0. The number of hydrogen-bond acceptors (Lipinski definition) is 5. The summed E-state index contributed by atoms with van der Waals surface area (Å²) in [5.41, 5.74) is 9.14. The van der Waals surface area contributed by atoms with Crippen LogP contribution in [0.3, 0.4) is 0 Å². The lowest BCUT2D eigenvalue weighted by Gasteiger charge is -2.20. The van der Waals surface area contributed by atoms with Crippen LogP contribution in [0.2, 0.25) is 0 Å². The van der Waals surface area contributed by atoms with Gasteiger partial charge in [0.2, 0.25) is 0 Å². The number of hydrogen-bond donors (Lipinski definition) is 8. The van der Waals surface area contributed by atoms with Gasteiger partial charge in [0.15, 0.2) is 0 Å². The lowest BCUT2D eigenvalue weighted by atomic mass is 9.84. The van der Waals surface area contributed by atoms with Gasteiger partial charge in [-0.05, 0) is 82.4 Å². The Balaban J connectivity index is 1.23. The highest BCUT2D eigenvalue weighted by molar-refractivity contribution is 5.91. The number of nitrogens with zero attached hydrogens (tertiary/aromatic N) is 1. The van der Waals surface area contributed by atoms with E-state index in [1.807, 2.05) is 55.2 Å². The molecule has 9 aromatic rings. The molecule has 9 nitrogen and oxygen atoms in total. The molecule has 0 amide bonds. The smallest absolute Gasteiger partial charge is 0.117 e. The molecular weight excluding hydrogens is 602 g/mol. The standard InChI is InChI=1S/C39H29N5O4/c45-21-2-6-25-29(16-41-34(25)11-21)38(30-17-42-35-12-22(46)3-7-26(30)35)20-1-10-33(40-15-20)39(31-18-43-36-13-23(47)4-8-27(31)36)32-19-44-37-14-24(48)5-9-28(32)37/h1-19,38-39,41-48H. The first kappa shape index (κ1) is 27.7. The maximum Gasteiger partial charge on any atom is 0.117 e. The van der Waals surface area contributed by atoms with Gasteiger partial charge in [-0.2, -0.15) is 0 Å². The van der Waals surface area contributed by atoms with Gasteiger partial charge in [-0.3, -0.25) is 4.98 Å². The zero-order chi connectivity index (χ0) is 32.5. The summed E-state index contributed by atoms with van der Waals surface area (Å²) in [6, 6.07) is 25.5. The van der Waals surface area contributed by atoms with Crippen molar-refractivity contribution >= 4 is 43.6 Å².